The molecule has 1 aliphatic heterocycles. The zero-order valence-electron chi connectivity index (χ0n) is 15.3. The van der Waals surface area contributed by atoms with E-state index in [9.17, 15) is 18.0 Å². The normalized spacial score (nSPS) is 13.7. The van der Waals surface area contributed by atoms with Gasteiger partial charge in [0.15, 0.2) is 0 Å². The van der Waals surface area contributed by atoms with E-state index in [2.05, 4.69) is 21.4 Å². The molecule has 1 N–H and O–H groups in total. The van der Waals surface area contributed by atoms with E-state index in [0.717, 1.165) is 25.1 Å². The van der Waals surface area contributed by atoms with Gasteiger partial charge in [-0.25, -0.2) is 9.97 Å². The van der Waals surface area contributed by atoms with Crippen LogP contribution in [0, 0.1) is 0 Å². The summed E-state index contributed by atoms with van der Waals surface area (Å²) in [7, 11) is 0. The van der Waals surface area contributed by atoms with Crippen LogP contribution >= 0.6 is 0 Å². The van der Waals surface area contributed by atoms with Crippen LogP contribution in [0.5, 0.6) is 0 Å². The van der Waals surface area contributed by atoms with E-state index in [-0.39, 0.29) is 11.4 Å². The molecule has 5 nitrogen and oxygen atoms in total. The quantitative estimate of drug-likeness (QED) is 0.714. The Hall–Kier alpha value is -3.42. The van der Waals surface area contributed by atoms with Crippen molar-refractivity contribution in [3.8, 4) is 0 Å². The van der Waals surface area contributed by atoms with Crippen molar-refractivity contribution in [1.29, 1.82) is 0 Å². The molecule has 2 aromatic carbocycles. The smallest absolute Gasteiger partial charge is 0.336 e. The molecule has 1 aromatic heterocycles. The fourth-order valence-electron chi connectivity index (χ4n) is 3.26. The number of aromatic nitrogens is 2. The summed E-state index contributed by atoms with van der Waals surface area (Å²) in [5.74, 6) is -0.179. The van der Waals surface area contributed by atoms with Crippen LogP contribution < -0.4 is 10.2 Å². The Bertz CT molecular complexity index is 1050. The molecule has 0 saturated carbocycles. The number of nitrogens with one attached hydrogen (secondary N) is 1. The van der Waals surface area contributed by atoms with Gasteiger partial charge in [-0.2, -0.15) is 13.2 Å². The average molecular weight is 398 g/mol. The topological polar surface area (TPSA) is 58.1 Å². The van der Waals surface area contributed by atoms with Gasteiger partial charge in [0.05, 0.1) is 5.56 Å². The highest BCUT2D eigenvalue weighted by Crippen LogP contribution is 2.30. The van der Waals surface area contributed by atoms with Crippen LogP contribution in [0.15, 0.2) is 60.8 Å². The molecule has 0 atom stereocenters. The lowest BCUT2D eigenvalue weighted by Crippen LogP contribution is -2.32. The van der Waals surface area contributed by atoms with Crippen molar-refractivity contribution >= 4 is 17.5 Å². The SMILES string of the molecule is O=C(Nc1cccc(C(F)(F)F)c1)c1ccnc(N2CCc3ccccc3C2)n1. The molecule has 0 unspecified atom stereocenters. The Kier molecular flexibility index (Phi) is 4.92. The number of carbonyl (C=O) groups is 1. The van der Waals surface area contributed by atoms with Gasteiger partial charge in [0.2, 0.25) is 5.95 Å². The van der Waals surface area contributed by atoms with E-state index in [1.54, 1.807) is 0 Å². The van der Waals surface area contributed by atoms with Gasteiger partial charge in [-0.15, -0.1) is 0 Å². The number of anilines is 2. The van der Waals surface area contributed by atoms with Crippen LogP contribution in [0.2, 0.25) is 0 Å². The lowest BCUT2D eigenvalue weighted by molar-refractivity contribution is -0.137. The molecule has 0 radical (unpaired) electrons. The number of hydrogen-bond donors (Lipinski definition) is 1. The molecule has 1 aliphatic rings. The van der Waals surface area contributed by atoms with Gasteiger partial charge in [-0.05, 0) is 41.8 Å². The second-order valence-electron chi connectivity index (χ2n) is 6.71. The van der Waals surface area contributed by atoms with E-state index in [1.807, 2.05) is 23.1 Å². The zero-order chi connectivity index (χ0) is 20.4. The molecule has 148 valence electrons. The maximum absolute atomic E-state index is 12.9. The third kappa shape index (κ3) is 4.21. The van der Waals surface area contributed by atoms with E-state index in [4.69, 9.17) is 0 Å². The summed E-state index contributed by atoms with van der Waals surface area (Å²) in [5.41, 5.74) is 1.78. The lowest BCUT2D eigenvalue weighted by Gasteiger charge is -2.28. The van der Waals surface area contributed by atoms with Gasteiger partial charge in [0, 0.05) is 25.0 Å². The fraction of sp³-hybridized carbons (Fsp3) is 0.190. The monoisotopic (exact) mass is 398 g/mol. The standard InChI is InChI=1S/C21H17F3N4O/c22-21(23,24)16-6-3-7-17(12-16)26-19(29)18-8-10-25-20(27-18)28-11-9-14-4-1-2-5-15(14)13-28/h1-8,10,12H,9,11,13H2,(H,26,29). The number of fused-ring (bicyclic) bond motifs is 1. The fourth-order valence-corrected chi connectivity index (χ4v) is 3.26. The number of nitrogens with zero attached hydrogens (tertiary/aromatic N) is 3. The van der Waals surface area contributed by atoms with Gasteiger partial charge in [0.25, 0.3) is 5.91 Å². The highest BCUT2D eigenvalue weighted by molar-refractivity contribution is 6.03. The van der Waals surface area contributed by atoms with Gasteiger partial charge in [-0.3, -0.25) is 4.79 Å². The first kappa shape index (κ1) is 18.9. The Morgan fingerprint density at radius 2 is 1.83 bits per heavy atom. The van der Waals surface area contributed by atoms with E-state index in [1.165, 1.54) is 35.5 Å². The predicted octanol–water partition coefficient (Wildman–Crippen LogP) is 4.31. The van der Waals surface area contributed by atoms with E-state index >= 15 is 0 Å². The Morgan fingerprint density at radius 1 is 1.03 bits per heavy atom. The summed E-state index contributed by atoms with van der Waals surface area (Å²) in [4.78, 5) is 23.1. The van der Waals surface area contributed by atoms with Crippen molar-refractivity contribution in [2.75, 3.05) is 16.8 Å². The molecule has 4 rings (SSSR count). The summed E-state index contributed by atoms with van der Waals surface area (Å²) < 4.78 is 38.6. The van der Waals surface area contributed by atoms with Crippen LogP contribution in [0.1, 0.15) is 27.2 Å². The Balaban J connectivity index is 1.51. The second kappa shape index (κ2) is 7.54. The van der Waals surface area contributed by atoms with Crippen molar-refractivity contribution in [2.45, 2.75) is 19.1 Å². The molecule has 0 aliphatic carbocycles. The largest absolute Gasteiger partial charge is 0.416 e. The van der Waals surface area contributed by atoms with Gasteiger partial charge in [0.1, 0.15) is 5.69 Å². The number of halogens is 3. The van der Waals surface area contributed by atoms with Crippen molar-refractivity contribution < 1.29 is 18.0 Å². The highest BCUT2D eigenvalue weighted by Gasteiger charge is 2.30. The minimum atomic E-state index is -4.48. The first-order chi connectivity index (χ1) is 13.9. The maximum atomic E-state index is 12.9. The molecular weight excluding hydrogens is 381 g/mol. The summed E-state index contributed by atoms with van der Waals surface area (Å²) in [5, 5.41) is 2.47. The van der Waals surface area contributed by atoms with Crippen LogP contribution in [0.4, 0.5) is 24.8 Å². The summed E-state index contributed by atoms with van der Waals surface area (Å²) in [6.07, 6.45) is -2.16. The van der Waals surface area contributed by atoms with Crippen molar-refractivity contribution in [3.63, 3.8) is 0 Å². The molecule has 0 saturated heterocycles. The third-order valence-corrected chi connectivity index (χ3v) is 4.74. The molecular formula is C21H17F3N4O. The molecule has 29 heavy (non-hydrogen) atoms. The molecule has 0 fully saturated rings. The van der Waals surface area contributed by atoms with Gasteiger partial charge >= 0.3 is 6.18 Å². The van der Waals surface area contributed by atoms with Gasteiger partial charge in [-0.1, -0.05) is 30.3 Å². The third-order valence-electron chi connectivity index (χ3n) is 4.74. The number of hydrogen-bond acceptors (Lipinski definition) is 4. The van der Waals surface area contributed by atoms with Crippen molar-refractivity contribution in [2.24, 2.45) is 0 Å². The van der Waals surface area contributed by atoms with Crippen molar-refractivity contribution in [1.82, 2.24) is 9.97 Å². The first-order valence-corrected chi connectivity index (χ1v) is 9.03. The highest BCUT2D eigenvalue weighted by atomic mass is 19.4. The molecule has 1 amide bonds. The number of amides is 1. The zero-order valence-corrected chi connectivity index (χ0v) is 15.3. The van der Waals surface area contributed by atoms with Crippen molar-refractivity contribution in [3.05, 3.63) is 83.2 Å². The summed E-state index contributed by atoms with van der Waals surface area (Å²) in [6, 6.07) is 14.0. The molecule has 0 bridgehead atoms. The van der Waals surface area contributed by atoms with E-state index in [0.29, 0.717) is 12.5 Å². The minimum Gasteiger partial charge on any atom is -0.336 e. The summed E-state index contributed by atoms with van der Waals surface area (Å²) >= 11 is 0. The Labute approximate surface area is 165 Å². The number of carbonyl (C=O) groups excluding carboxylic acids is 1. The number of alkyl halides is 3. The van der Waals surface area contributed by atoms with Crippen LogP contribution in [-0.2, 0) is 19.1 Å². The lowest BCUT2D eigenvalue weighted by atomic mass is 10.0. The Morgan fingerprint density at radius 3 is 2.62 bits per heavy atom. The van der Waals surface area contributed by atoms with Gasteiger partial charge < -0.3 is 10.2 Å². The first-order valence-electron chi connectivity index (χ1n) is 9.03. The summed E-state index contributed by atoms with van der Waals surface area (Å²) in [6.45, 7) is 1.35. The van der Waals surface area contributed by atoms with E-state index < -0.39 is 17.6 Å². The molecule has 3 aromatic rings. The van der Waals surface area contributed by atoms with Crippen LogP contribution in [0.3, 0.4) is 0 Å². The van der Waals surface area contributed by atoms with Crippen LogP contribution in [-0.4, -0.2) is 22.4 Å². The number of rotatable bonds is 3. The molecule has 2 heterocycles. The second-order valence-corrected chi connectivity index (χ2v) is 6.71. The average Bonchev–Trinajstić information content (AvgIpc) is 2.73. The van der Waals surface area contributed by atoms with Crippen LogP contribution in [0.25, 0.3) is 0 Å². The molecule has 0 spiro atoms. The minimum absolute atomic E-state index is 0.0527. The number of benzene rings is 2. The predicted molar refractivity (Wildman–Crippen MR) is 103 cm³/mol. The maximum Gasteiger partial charge on any atom is 0.416 e. The molecule has 8 heteroatoms.